The molecule has 0 bridgehead atoms. The van der Waals surface area contributed by atoms with E-state index in [4.69, 9.17) is 11.6 Å². The van der Waals surface area contributed by atoms with E-state index in [1.54, 1.807) is 11.9 Å². The molecule has 1 amide bonds. The fourth-order valence-electron chi connectivity index (χ4n) is 1.75. The zero-order valence-electron chi connectivity index (χ0n) is 8.84. The molecule has 5 heteroatoms. The molecule has 2 rings (SSSR count). The Labute approximate surface area is 98.2 Å². The second-order valence-electron chi connectivity index (χ2n) is 3.87. The van der Waals surface area contributed by atoms with Crippen LogP contribution in [-0.2, 0) is 4.79 Å². The summed E-state index contributed by atoms with van der Waals surface area (Å²) < 4.78 is 13.0. The Bertz CT molecular complexity index is 424. The van der Waals surface area contributed by atoms with E-state index in [1.807, 2.05) is 0 Å². The smallest absolute Gasteiger partial charge is 0.244 e. The van der Waals surface area contributed by atoms with Crippen LogP contribution in [0.2, 0.25) is 5.02 Å². The number of amides is 1. The first-order valence-corrected chi connectivity index (χ1v) is 5.42. The van der Waals surface area contributed by atoms with E-state index < -0.39 is 0 Å². The van der Waals surface area contributed by atoms with Gasteiger partial charge in [-0.3, -0.25) is 4.79 Å². The van der Waals surface area contributed by atoms with Crippen LogP contribution in [0.25, 0.3) is 0 Å². The van der Waals surface area contributed by atoms with Crippen molar-refractivity contribution < 1.29 is 9.18 Å². The zero-order valence-corrected chi connectivity index (χ0v) is 9.59. The highest BCUT2D eigenvalue weighted by Gasteiger charge is 2.29. The highest BCUT2D eigenvalue weighted by Crippen LogP contribution is 2.25. The molecule has 0 radical (unpaired) electrons. The molecule has 1 atom stereocenters. The summed E-state index contributed by atoms with van der Waals surface area (Å²) in [6, 6.07) is 3.76. The Kier molecular flexibility index (Phi) is 3.01. The Hall–Kier alpha value is -1.29. The fraction of sp³-hybridized carbons (Fsp3) is 0.364. The number of hydrogen-bond donors (Lipinski definition) is 1. The van der Waals surface area contributed by atoms with E-state index in [-0.39, 0.29) is 17.8 Å². The van der Waals surface area contributed by atoms with E-state index in [9.17, 15) is 9.18 Å². The third kappa shape index (κ3) is 2.11. The molecule has 1 N–H and O–H groups in total. The van der Waals surface area contributed by atoms with Gasteiger partial charge in [0, 0.05) is 13.6 Å². The molecule has 0 aliphatic carbocycles. The standard InChI is InChI=1S/C11H12ClFN2O/c1-15-5-4-9(11(15)16)14-10-6-7(13)2-3-8(10)12/h2-3,6,9,14H,4-5H2,1H3. The van der Waals surface area contributed by atoms with Crippen LogP contribution in [0.15, 0.2) is 18.2 Å². The van der Waals surface area contributed by atoms with E-state index >= 15 is 0 Å². The number of rotatable bonds is 2. The summed E-state index contributed by atoms with van der Waals surface area (Å²) in [4.78, 5) is 13.3. The van der Waals surface area contributed by atoms with Crippen molar-refractivity contribution in [3.05, 3.63) is 29.0 Å². The van der Waals surface area contributed by atoms with Crippen LogP contribution < -0.4 is 5.32 Å². The SMILES string of the molecule is CN1CCC(Nc2cc(F)ccc2Cl)C1=O. The van der Waals surface area contributed by atoms with Crippen LogP contribution in [0.5, 0.6) is 0 Å². The molecule has 3 nitrogen and oxygen atoms in total. The van der Waals surface area contributed by atoms with Gasteiger partial charge in [-0.2, -0.15) is 0 Å². The molecule has 1 heterocycles. The predicted molar refractivity (Wildman–Crippen MR) is 61.1 cm³/mol. The molecule has 1 saturated heterocycles. The topological polar surface area (TPSA) is 32.3 Å². The number of likely N-dealkylation sites (N-methyl/N-ethyl adjacent to an activating group) is 1. The van der Waals surface area contributed by atoms with Gasteiger partial charge in [0.05, 0.1) is 10.7 Å². The van der Waals surface area contributed by atoms with Crippen LogP contribution in [0.4, 0.5) is 10.1 Å². The summed E-state index contributed by atoms with van der Waals surface area (Å²) in [5.74, 6) is -0.356. The summed E-state index contributed by atoms with van der Waals surface area (Å²) in [6.45, 7) is 0.712. The molecule has 0 saturated carbocycles. The Morgan fingerprint density at radius 2 is 2.31 bits per heavy atom. The molecule has 1 unspecified atom stereocenters. The summed E-state index contributed by atoms with van der Waals surface area (Å²) in [6.07, 6.45) is 0.710. The molecule has 16 heavy (non-hydrogen) atoms. The molecule has 1 aromatic carbocycles. The van der Waals surface area contributed by atoms with Gasteiger partial charge in [-0.15, -0.1) is 0 Å². The number of carbonyl (C=O) groups excluding carboxylic acids is 1. The maximum Gasteiger partial charge on any atom is 0.244 e. The van der Waals surface area contributed by atoms with Crippen LogP contribution >= 0.6 is 11.6 Å². The van der Waals surface area contributed by atoms with Crippen LogP contribution in [0.3, 0.4) is 0 Å². The van der Waals surface area contributed by atoms with Gasteiger partial charge < -0.3 is 10.2 Å². The number of hydrogen-bond acceptors (Lipinski definition) is 2. The Balaban J connectivity index is 2.15. The minimum Gasteiger partial charge on any atom is -0.372 e. The normalized spacial score (nSPS) is 20.3. The first-order chi connectivity index (χ1) is 7.58. The quantitative estimate of drug-likeness (QED) is 0.862. The Morgan fingerprint density at radius 1 is 1.56 bits per heavy atom. The number of likely N-dealkylation sites (tertiary alicyclic amines) is 1. The number of nitrogens with zero attached hydrogens (tertiary/aromatic N) is 1. The summed E-state index contributed by atoms with van der Waals surface area (Å²) in [7, 11) is 1.75. The van der Waals surface area contributed by atoms with E-state index in [0.717, 1.165) is 0 Å². The van der Waals surface area contributed by atoms with Gasteiger partial charge in [0.15, 0.2) is 0 Å². The molecule has 0 spiro atoms. The van der Waals surface area contributed by atoms with Crippen molar-refractivity contribution >= 4 is 23.2 Å². The van der Waals surface area contributed by atoms with Crippen molar-refractivity contribution in [2.75, 3.05) is 18.9 Å². The molecule has 1 aliphatic rings. The van der Waals surface area contributed by atoms with Crippen molar-refractivity contribution in [3.63, 3.8) is 0 Å². The Morgan fingerprint density at radius 3 is 2.94 bits per heavy atom. The van der Waals surface area contributed by atoms with Gasteiger partial charge in [-0.25, -0.2) is 4.39 Å². The minimum atomic E-state index is -0.370. The molecule has 1 fully saturated rings. The third-order valence-corrected chi connectivity index (χ3v) is 3.02. The van der Waals surface area contributed by atoms with Crippen molar-refractivity contribution in [1.29, 1.82) is 0 Å². The van der Waals surface area contributed by atoms with Gasteiger partial charge in [0.1, 0.15) is 11.9 Å². The highest BCUT2D eigenvalue weighted by molar-refractivity contribution is 6.33. The first-order valence-electron chi connectivity index (χ1n) is 5.04. The average Bonchev–Trinajstić information content (AvgIpc) is 2.55. The zero-order chi connectivity index (χ0) is 11.7. The molecular weight excluding hydrogens is 231 g/mol. The average molecular weight is 243 g/mol. The van der Waals surface area contributed by atoms with Crippen LogP contribution in [-0.4, -0.2) is 30.4 Å². The number of halogens is 2. The first kappa shape index (κ1) is 11.2. The van der Waals surface area contributed by atoms with Gasteiger partial charge in [0.25, 0.3) is 0 Å². The molecule has 1 aliphatic heterocycles. The molecular formula is C11H12ClFN2O. The third-order valence-electron chi connectivity index (χ3n) is 2.69. The maximum atomic E-state index is 13.0. The summed E-state index contributed by atoms with van der Waals surface area (Å²) >= 11 is 5.90. The van der Waals surface area contributed by atoms with E-state index in [1.165, 1.54) is 18.2 Å². The molecule has 0 aromatic heterocycles. The lowest BCUT2D eigenvalue weighted by atomic mass is 10.2. The predicted octanol–water partition coefficient (Wildman–Crippen LogP) is 2.12. The largest absolute Gasteiger partial charge is 0.372 e. The lowest BCUT2D eigenvalue weighted by Crippen LogP contribution is -2.31. The molecule has 86 valence electrons. The van der Waals surface area contributed by atoms with E-state index in [0.29, 0.717) is 23.7 Å². The van der Waals surface area contributed by atoms with E-state index in [2.05, 4.69) is 5.32 Å². The van der Waals surface area contributed by atoms with Crippen molar-refractivity contribution in [1.82, 2.24) is 4.90 Å². The minimum absolute atomic E-state index is 0.0142. The van der Waals surface area contributed by atoms with Crippen molar-refractivity contribution in [2.24, 2.45) is 0 Å². The summed E-state index contributed by atoms with van der Waals surface area (Å²) in [5.41, 5.74) is 0.468. The fourth-order valence-corrected chi connectivity index (χ4v) is 1.92. The lowest BCUT2D eigenvalue weighted by molar-refractivity contribution is -0.127. The van der Waals surface area contributed by atoms with Gasteiger partial charge in [-0.05, 0) is 24.6 Å². The number of benzene rings is 1. The monoisotopic (exact) mass is 242 g/mol. The second kappa shape index (κ2) is 4.29. The van der Waals surface area contributed by atoms with Gasteiger partial charge in [-0.1, -0.05) is 11.6 Å². The molecule has 1 aromatic rings. The van der Waals surface area contributed by atoms with Crippen LogP contribution in [0.1, 0.15) is 6.42 Å². The number of anilines is 1. The second-order valence-corrected chi connectivity index (χ2v) is 4.28. The lowest BCUT2D eigenvalue weighted by Gasteiger charge is -2.14. The van der Waals surface area contributed by atoms with Crippen molar-refractivity contribution in [3.8, 4) is 0 Å². The van der Waals surface area contributed by atoms with Gasteiger partial charge >= 0.3 is 0 Å². The number of carbonyl (C=O) groups is 1. The number of nitrogens with one attached hydrogen (secondary N) is 1. The maximum absolute atomic E-state index is 13.0. The van der Waals surface area contributed by atoms with Gasteiger partial charge in [0.2, 0.25) is 5.91 Å². The summed E-state index contributed by atoms with van der Waals surface area (Å²) in [5, 5.41) is 3.39. The van der Waals surface area contributed by atoms with Crippen LogP contribution in [0, 0.1) is 5.82 Å². The van der Waals surface area contributed by atoms with Crippen molar-refractivity contribution in [2.45, 2.75) is 12.5 Å². The highest BCUT2D eigenvalue weighted by atomic mass is 35.5.